The fraction of sp³-hybridized carbons (Fsp3) is 0.676. The largest absolute Gasteiger partial charge is 0.432 e. The molecule has 5 rings (SSSR count). The molecule has 0 spiro atoms. The molecule has 2 saturated carbocycles. The molecule has 1 saturated heterocycles. The Kier molecular flexibility index (Phi) is 12.2. The van der Waals surface area contributed by atoms with Gasteiger partial charge in [-0.2, -0.15) is 8.78 Å². The second kappa shape index (κ2) is 16.1. The summed E-state index contributed by atoms with van der Waals surface area (Å²) in [4.78, 5) is 0. The molecule has 8 heteroatoms. The average molecular weight is 637 g/mol. The van der Waals surface area contributed by atoms with Crippen LogP contribution in [0.15, 0.2) is 36.4 Å². The first kappa shape index (κ1) is 34.2. The third kappa shape index (κ3) is 9.00. The summed E-state index contributed by atoms with van der Waals surface area (Å²) in [5, 5.41) is 0. The summed E-state index contributed by atoms with van der Waals surface area (Å²) >= 11 is 0. The van der Waals surface area contributed by atoms with Gasteiger partial charge in [0.25, 0.3) is 0 Å². The number of unbranched alkanes of at least 4 members (excludes halogenated alkanes) is 2. The summed E-state index contributed by atoms with van der Waals surface area (Å²) in [6.45, 7) is 2.92. The first-order valence-corrected chi connectivity index (χ1v) is 17.2. The minimum atomic E-state index is -3.39. The van der Waals surface area contributed by atoms with Crippen molar-refractivity contribution in [3.8, 4) is 5.75 Å². The van der Waals surface area contributed by atoms with Crippen LogP contribution in [0.3, 0.4) is 0 Å². The van der Waals surface area contributed by atoms with Gasteiger partial charge >= 0.3 is 6.11 Å². The summed E-state index contributed by atoms with van der Waals surface area (Å²) in [6, 6.07) is 9.12. The number of benzene rings is 2. The van der Waals surface area contributed by atoms with Gasteiger partial charge in [0.2, 0.25) is 0 Å². The molecule has 3 nitrogen and oxygen atoms in total. The van der Waals surface area contributed by atoms with E-state index in [0.717, 1.165) is 49.3 Å². The van der Waals surface area contributed by atoms with Crippen LogP contribution in [-0.2, 0) is 15.9 Å². The summed E-state index contributed by atoms with van der Waals surface area (Å²) in [6.07, 6.45) is 7.05. The van der Waals surface area contributed by atoms with Crippen LogP contribution in [0.25, 0.3) is 0 Å². The molecular formula is C37H49F5O3. The lowest BCUT2D eigenvalue weighted by molar-refractivity contribution is -0.224. The maximum atomic E-state index is 15.3. The normalized spacial score (nSPS) is 27.8. The van der Waals surface area contributed by atoms with Crippen molar-refractivity contribution in [3.05, 3.63) is 64.7 Å². The second-order valence-electron chi connectivity index (χ2n) is 13.6. The van der Waals surface area contributed by atoms with E-state index in [9.17, 15) is 8.78 Å². The number of rotatable bonds is 13. The molecule has 0 N–H and O–H groups in total. The molecule has 0 amide bonds. The lowest BCUT2D eigenvalue weighted by Gasteiger charge is -2.39. The smallest absolute Gasteiger partial charge is 0.400 e. The van der Waals surface area contributed by atoms with Crippen LogP contribution in [-0.4, -0.2) is 26.0 Å². The maximum absolute atomic E-state index is 15.3. The Labute approximate surface area is 265 Å². The van der Waals surface area contributed by atoms with Crippen molar-refractivity contribution in [3.63, 3.8) is 0 Å². The lowest BCUT2D eigenvalue weighted by Crippen LogP contribution is -2.38. The van der Waals surface area contributed by atoms with Gasteiger partial charge in [0, 0.05) is 17.5 Å². The van der Waals surface area contributed by atoms with Crippen molar-refractivity contribution in [1.82, 2.24) is 0 Å². The van der Waals surface area contributed by atoms with Gasteiger partial charge in [0.1, 0.15) is 17.4 Å². The third-order valence-corrected chi connectivity index (χ3v) is 10.5. The Bertz CT molecular complexity index is 1200. The molecule has 2 aliphatic carbocycles. The van der Waals surface area contributed by atoms with Crippen LogP contribution >= 0.6 is 0 Å². The number of ether oxygens (including phenoxy) is 3. The third-order valence-electron chi connectivity index (χ3n) is 10.5. The minimum Gasteiger partial charge on any atom is -0.432 e. The zero-order chi connectivity index (χ0) is 31.8. The van der Waals surface area contributed by atoms with Crippen molar-refractivity contribution in [2.75, 3.05) is 19.9 Å². The Morgan fingerprint density at radius 1 is 0.800 bits per heavy atom. The van der Waals surface area contributed by atoms with E-state index in [1.807, 2.05) is 12.1 Å². The van der Waals surface area contributed by atoms with Gasteiger partial charge in [-0.05, 0) is 112 Å². The Morgan fingerprint density at radius 3 is 2.11 bits per heavy atom. The van der Waals surface area contributed by atoms with Gasteiger partial charge in [-0.15, -0.1) is 0 Å². The SMILES string of the molecule is CCCCCC1COC(c2ccc(C3CCC(C4CCC(C(F)(F)Oc5ccc(CCCF)c(F)c5)CC4)CC3)c(F)c2)OC1. The monoisotopic (exact) mass is 636 g/mol. The quantitative estimate of drug-likeness (QED) is 0.162. The molecule has 0 unspecified atom stereocenters. The molecule has 1 aliphatic heterocycles. The second-order valence-corrected chi connectivity index (χ2v) is 13.6. The highest BCUT2D eigenvalue weighted by Crippen LogP contribution is 2.47. The molecule has 0 atom stereocenters. The Hall–Kier alpha value is -2.19. The molecule has 0 radical (unpaired) electrons. The van der Waals surface area contributed by atoms with Crippen molar-refractivity contribution >= 4 is 0 Å². The van der Waals surface area contributed by atoms with Crippen molar-refractivity contribution in [2.45, 2.75) is 115 Å². The number of hydrogen-bond acceptors (Lipinski definition) is 3. The van der Waals surface area contributed by atoms with Crippen LogP contribution in [0.2, 0.25) is 0 Å². The highest BCUT2D eigenvalue weighted by molar-refractivity contribution is 5.30. The van der Waals surface area contributed by atoms with E-state index in [1.54, 1.807) is 6.07 Å². The zero-order valence-electron chi connectivity index (χ0n) is 26.6. The molecule has 2 aromatic rings. The Morgan fingerprint density at radius 2 is 1.49 bits per heavy atom. The van der Waals surface area contributed by atoms with Crippen molar-refractivity contribution in [1.29, 1.82) is 0 Å². The van der Waals surface area contributed by atoms with E-state index < -0.39 is 30.8 Å². The molecule has 3 fully saturated rings. The highest BCUT2D eigenvalue weighted by atomic mass is 19.3. The van der Waals surface area contributed by atoms with Crippen LogP contribution in [0.5, 0.6) is 5.75 Å². The van der Waals surface area contributed by atoms with Gasteiger partial charge in [-0.3, -0.25) is 4.39 Å². The van der Waals surface area contributed by atoms with Gasteiger partial charge in [0.05, 0.1) is 25.8 Å². The van der Waals surface area contributed by atoms with Gasteiger partial charge < -0.3 is 14.2 Å². The number of halogens is 5. The Balaban J connectivity index is 1.06. The van der Waals surface area contributed by atoms with Crippen LogP contribution in [0.1, 0.15) is 119 Å². The molecule has 0 bridgehead atoms. The van der Waals surface area contributed by atoms with Gasteiger partial charge in [-0.1, -0.05) is 44.4 Å². The molecule has 3 aliphatic rings. The standard InChI is InChI=1S/C37H49F5O3/c1-2-3-4-6-25-23-43-36(44-24-25)30-15-19-33(35(40)21-30)28-10-8-26(9-11-28)27-12-16-31(17-13-27)37(41,42)45-32-18-14-29(7-5-20-38)34(39)22-32/h14-15,18-19,21-22,25-28,31,36H,2-13,16-17,20,23-24H2,1H3. The van der Waals surface area contributed by atoms with Crippen molar-refractivity contribution in [2.24, 2.45) is 23.7 Å². The topological polar surface area (TPSA) is 27.7 Å². The summed E-state index contributed by atoms with van der Waals surface area (Å²) in [5.41, 5.74) is 1.77. The first-order valence-electron chi connectivity index (χ1n) is 17.2. The fourth-order valence-electron chi connectivity index (χ4n) is 7.73. The number of hydrogen-bond donors (Lipinski definition) is 0. The number of alkyl halides is 3. The predicted octanol–water partition coefficient (Wildman–Crippen LogP) is 10.9. The number of aryl methyl sites for hydroxylation is 1. The average Bonchev–Trinajstić information content (AvgIpc) is 3.05. The molecule has 250 valence electrons. The lowest BCUT2D eigenvalue weighted by atomic mass is 9.68. The predicted molar refractivity (Wildman–Crippen MR) is 165 cm³/mol. The van der Waals surface area contributed by atoms with Crippen molar-refractivity contribution < 1.29 is 36.2 Å². The highest BCUT2D eigenvalue weighted by Gasteiger charge is 2.45. The van der Waals surface area contributed by atoms with E-state index in [2.05, 4.69) is 6.92 Å². The molecule has 2 aromatic carbocycles. The van der Waals surface area contributed by atoms with Crippen LogP contribution < -0.4 is 4.74 Å². The van der Waals surface area contributed by atoms with Crippen LogP contribution in [0, 0.1) is 35.3 Å². The van der Waals surface area contributed by atoms with E-state index >= 15 is 13.2 Å². The zero-order valence-corrected chi connectivity index (χ0v) is 26.6. The molecule has 0 aromatic heterocycles. The van der Waals surface area contributed by atoms with Crippen LogP contribution in [0.4, 0.5) is 22.0 Å². The minimum absolute atomic E-state index is 0.157. The summed E-state index contributed by atoms with van der Waals surface area (Å²) in [5.74, 6) is -0.576. The first-order chi connectivity index (χ1) is 21.8. The molecule has 45 heavy (non-hydrogen) atoms. The molecular weight excluding hydrogens is 587 g/mol. The van der Waals surface area contributed by atoms with Gasteiger partial charge in [-0.25, -0.2) is 8.78 Å². The van der Waals surface area contributed by atoms with E-state index in [1.165, 1.54) is 31.4 Å². The van der Waals surface area contributed by atoms with E-state index in [-0.39, 0.29) is 30.3 Å². The summed E-state index contributed by atoms with van der Waals surface area (Å²) < 4.78 is 89.0. The van der Waals surface area contributed by atoms with E-state index in [4.69, 9.17) is 14.2 Å². The summed E-state index contributed by atoms with van der Waals surface area (Å²) in [7, 11) is 0. The fourth-order valence-corrected chi connectivity index (χ4v) is 7.73. The van der Waals surface area contributed by atoms with E-state index in [0.29, 0.717) is 62.2 Å². The molecule has 1 heterocycles. The maximum Gasteiger partial charge on any atom is 0.400 e. The van der Waals surface area contributed by atoms with Gasteiger partial charge in [0.15, 0.2) is 6.29 Å².